The van der Waals surface area contributed by atoms with Crippen LogP contribution in [0.25, 0.3) is 0 Å². The average molecular weight is 385 g/mol. The SMILES string of the molecule is CSC1=NC2(CCN(C(=O)NC3CCCCC3)CC2)N=C1c1ccccc1. The molecule has 1 aromatic rings. The Bertz CT molecular complexity index is 732. The highest BCUT2D eigenvalue weighted by Crippen LogP contribution is 2.35. The van der Waals surface area contributed by atoms with Crippen molar-refractivity contribution in [3.63, 3.8) is 0 Å². The summed E-state index contributed by atoms with van der Waals surface area (Å²) in [4.78, 5) is 24.6. The van der Waals surface area contributed by atoms with Crippen molar-refractivity contribution in [2.75, 3.05) is 19.3 Å². The van der Waals surface area contributed by atoms with Gasteiger partial charge in [-0.2, -0.15) is 0 Å². The summed E-state index contributed by atoms with van der Waals surface area (Å²) in [6.07, 6.45) is 9.66. The van der Waals surface area contributed by atoms with Gasteiger partial charge in [-0.05, 0) is 19.1 Å². The van der Waals surface area contributed by atoms with Crippen molar-refractivity contribution in [1.29, 1.82) is 0 Å². The number of rotatable bonds is 2. The topological polar surface area (TPSA) is 57.1 Å². The Morgan fingerprint density at radius 2 is 1.81 bits per heavy atom. The maximum atomic E-state index is 12.6. The molecule has 3 aliphatic rings. The average Bonchev–Trinajstić information content (AvgIpc) is 3.08. The van der Waals surface area contributed by atoms with Crippen LogP contribution in [0.3, 0.4) is 0 Å². The van der Waals surface area contributed by atoms with E-state index in [0.29, 0.717) is 6.04 Å². The summed E-state index contributed by atoms with van der Waals surface area (Å²) in [5.74, 6) is 0. The molecule has 4 rings (SSSR count). The second-order valence-electron chi connectivity index (χ2n) is 7.70. The Morgan fingerprint density at radius 3 is 2.48 bits per heavy atom. The molecule has 2 heterocycles. The molecule has 1 saturated carbocycles. The van der Waals surface area contributed by atoms with Gasteiger partial charge in [0.15, 0.2) is 5.66 Å². The van der Waals surface area contributed by atoms with E-state index >= 15 is 0 Å². The predicted octanol–water partition coefficient (Wildman–Crippen LogP) is 4.09. The predicted molar refractivity (Wildman–Crippen MR) is 113 cm³/mol. The molecule has 27 heavy (non-hydrogen) atoms. The molecule has 1 saturated heterocycles. The normalized spacial score (nSPS) is 22.5. The zero-order valence-electron chi connectivity index (χ0n) is 16.0. The lowest BCUT2D eigenvalue weighted by Crippen LogP contribution is -2.51. The highest BCUT2D eigenvalue weighted by atomic mass is 32.2. The Hall–Kier alpha value is -1.82. The van der Waals surface area contributed by atoms with Gasteiger partial charge in [-0.1, -0.05) is 49.6 Å². The maximum Gasteiger partial charge on any atom is 0.317 e. The number of hydrogen-bond donors (Lipinski definition) is 1. The molecule has 1 N–H and O–H groups in total. The first kappa shape index (κ1) is 18.5. The summed E-state index contributed by atoms with van der Waals surface area (Å²) in [6, 6.07) is 10.7. The van der Waals surface area contributed by atoms with Crippen molar-refractivity contribution in [2.24, 2.45) is 9.98 Å². The van der Waals surface area contributed by atoms with E-state index in [9.17, 15) is 4.79 Å². The van der Waals surface area contributed by atoms with Crippen LogP contribution in [0.5, 0.6) is 0 Å². The van der Waals surface area contributed by atoms with Crippen molar-refractivity contribution in [3.05, 3.63) is 35.9 Å². The molecule has 0 atom stereocenters. The number of likely N-dealkylation sites (tertiary alicyclic amines) is 1. The second kappa shape index (κ2) is 8.05. The fourth-order valence-corrected chi connectivity index (χ4v) is 4.87. The number of benzene rings is 1. The Kier molecular flexibility index (Phi) is 5.53. The van der Waals surface area contributed by atoms with Gasteiger partial charge in [0.05, 0.1) is 5.71 Å². The molecule has 6 heteroatoms. The van der Waals surface area contributed by atoms with Crippen LogP contribution in [0.2, 0.25) is 0 Å². The van der Waals surface area contributed by atoms with Gasteiger partial charge >= 0.3 is 6.03 Å². The minimum absolute atomic E-state index is 0.0936. The Labute approximate surface area is 165 Å². The Balaban J connectivity index is 1.41. The molecule has 1 spiro atoms. The lowest BCUT2D eigenvalue weighted by atomic mass is 9.95. The van der Waals surface area contributed by atoms with Crippen molar-refractivity contribution < 1.29 is 4.79 Å². The summed E-state index contributed by atoms with van der Waals surface area (Å²) in [7, 11) is 0. The van der Waals surface area contributed by atoms with E-state index in [0.717, 1.165) is 55.1 Å². The molecule has 2 aliphatic heterocycles. The molecule has 1 aliphatic carbocycles. The van der Waals surface area contributed by atoms with Crippen LogP contribution in [0.15, 0.2) is 40.3 Å². The zero-order valence-corrected chi connectivity index (χ0v) is 16.8. The number of nitrogens with one attached hydrogen (secondary N) is 1. The number of aliphatic imine (C=N–C) groups is 2. The molecule has 0 bridgehead atoms. The highest BCUT2D eigenvalue weighted by molar-refractivity contribution is 8.15. The number of urea groups is 1. The molecular formula is C21H28N4OS. The number of amides is 2. The Morgan fingerprint density at radius 1 is 1.11 bits per heavy atom. The van der Waals surface area contributed by atoms with Gasteiger partial charge in [-0.25, -0.2) is 9.79 Å². The first-order valence-corrected chi connectivity index (χ1v) is 11.3. The molecule has 0 unspecified atom stereocenters. The molecule has 1 aromatic carbocycles. The van der Waals surface area contributed by atoms with Gasteiger partial charge in [0, 0.05) is 37.5 Å². The number of hydrogen-bond acceptors (Lipinski definition) is 4. The van der Waals surface area contributed by atoms with Gasteiger partial charge in [-0.15, -0.1) is 11.8 Å². The van der Waals surface area contributed by atoms with Crippen molar-refractivity contribution in [3.8, 4) is 0 Å². The monoisotopic (exact) mass is 384 g/mol. The third kappa shape index (κ3) is 4.05. The summed E-state index contributed by atoms with van der Waals surface area (Å²) in [5.41, 5.74) is 1.74. The standard InChI is InChI=1S/C21H28N4OS/c1-27-19-18(16-8-4-2-5-9-16)23-21(24-19)12-14-25(15-13-21)20(26)22-17-10-6-3-7-11-17/h2,4-5,8-9,17H,3,6-7,10-15H2,1H3,(H,22,26). The third-order valence-electron chi connectivity index (χ3n) is 5.86. The van der Waals surface area contributed by atoms with Crippen LogP contribution >= 0.6 is 11.8 Å². The number of carbonyl (C=O) groups excluding carboxylic acids is 1. The maximum absolute atomic E-state index is 12.6. The third-order valence-corrected chi connectivity index (χ3v) is 6.53. The van der Waals surface area contributed by atoms with Gasteiger partial charge in [0.25, 0.3) is 0 Å². The molecular weight excluding hydrogens is 356 g/mol. The fourth-order valence-electron chi connectivity index (χ4n) is 4.25. The van der Waals surface area contributed by atoms with Crippen LogP contribution in [0.4, 0.5) is 4.79 Å². The number of carbonyl (C=O) groups is 1. The minimum Gasteiger partial charge on any atom is -0.335 e. The van der Waals surface area contributed by atoms with Crippen LogP contribution in [0, 0.1) is 0 Å². The first-order valence-electron chi connectivity index (χ1n) is 10.0. The summed E-state index contributed by atoms with van der Waals surface area (Å²) < 4.78 is 0. The van der Waals surface area contributed by atoms with Gasteiger partial charge in [0.1, 0.15) is 5.04 Å². The number of piperidine rings is 1. The highest BCUT2D eigenvalue weighted by Gasteiger charge is 2.40. The molecule has 5 nitrogen and oxygen atoms in total. The van der Waals surface area contributed by atoms with Crippen LogP contribution in [-0.4, -0.2) is 52.7 Å². The summed E-state index contributed by atoms with van der Waals surface area (Å²) >= 11 is 1.66. The van der Waals surface area contributed by atoms with E-state index in [1.807, 2.05) is 23.1 Å². The summed E-state index contributed by atoms with van der Waals surface area (Å²) in [5, 5.41) is 4.25. The fraction of sp³-hybridized carbons (Fsp3) is 0.571. The minimum atomic E-state index is -0.384. The largest absolute Gasteiger partial charge is 0.335 e. The van der Waals surface area contributed by atoms with Crippen molar-refractivity contribution in [1.82, 2.24) is 10.2 Å². The second-order valence-corrected chi connectivity index (χ2v) is 8.50. The van der Waals surface area contributed by atoms with E-state index < -0.39 is 0 Å². The van der Waals surface area contributed by atoms with Crippen molar-refractivity contribution >= 4 is 28.5 Å². The van der Waals surface area contributed by atoms with Crippen LogP contribution in [0.1, 0.15) is 50.5 Å². The van der Waals surface area contributed by atoms with Crippen LogP contribution < -0.4 is 5.32 Å². The quantitative estimate of drug-likeness (QED) is 0.835. The molecule has 2 fully saturated rings. The van der Waals surface area contributed by atoms with E-state index in [4.69, 9.17) is 9.98 Å². The molecule has 144 valence electrons. The molecule has 0 radical (unpaired) electrons. The lowest BCUT2D eigenvalue weighted by Gasteiger charge is -2.36. The molecule has 0 aromatic heterocycles. The van der Waals surface area contributed by atoms with Gasteiger partial charge in [0.2, 0.25) is 0 Å². The first-order chi connectivity index (χ1) is 13.2. The molecule has 2 amide bonds. The van der Waals surface area contributed by atoms with E-state index in [-0.39, 0.29) is 11.7 Å². The van der Waals surface area contributed by atoms with E-state index in [1.54, 1.807) is 11.8 Å². The van der Waals surface area contributed by atoms with Gasteiger partial charge < -0.3 is 10.2 Å². The van der Waals surface area contributed by atoms with Gasteiger partial charge in [-0.3, -0.25) is 4.99 Å². The van der Waals surface area contributed by atoms with E-state index in [1.165, 1.54) is 19.3 Å². The zero-order chi connectivity index (χ0) is 18.7. The lowest BCUT2D eigenvalue weighted by molar-refractivity contribution is 0.158. The van der Waals surface area contributed by atoms with Crippen LogP contribution in [-0.2, 0) is 0 Å². The van der Waals surface area contributed by atoms with Crippen molar-refractivity contribution in [2.45, 2.75) is 56.7 Å². The smallest absolute Gasteiger partial charge is 0.317 e. The summed E-state index contributed by atoms with van der Waals surface area (Å²) in [6.45, 7) is 1.44. The van der Waals surface area contributed by atoms with E-state index in [2.05, 4.69) is 23.7 Å². The number of thioether (sulfide) groups is 1. The number of nitrogens with zero attached hydrogens (tertiary/aromatic N) is 3.